The molecule has 0 radical (unpaired) electrons. The fraction of sp³-hybridized carbons (Fsp3) is 0.524. The summed E-state index contributed by atoms with van der Waals surface area (Å²) in [5.74, 6) is -0.0618. The Balaban J connectivity index is 1.20. The summed E-state index contributed by atoms with van der Waals surface area (Å²) in [5.41, 5.74) is 11.6. The van der Waals surface area contributed by atoms with Crippen LogP contribution in [0, 0.1) is 0 Å². The molecule has 4 aromatic heterocycles. The van der Waals surface area contributed by atoms with Crippen LogP contribution < -0.4 is 17.0 Å². The molecule has 2 bridgehead atoms. The first-order valence-corrected chi connectivity index (χ1v) is 16.8. The van der Waals surface area contributed by atoms with Gasteiger partial charge in [0.2, 0.25) is 5.95 Å². The molecule has 0 aliphatic carbocycles. The third-order valence-corrected chi connectivity index (χ3v) is 9.80. The second kappa shape index (κ2) is 11.6. The van der Waals surface area contributed by atoms with E-state index in [2.05, 4.69) is 29.9 Å². The smallest absolute Gasteiger partial charge is 0.385 e. The van der Waals surface area contributed by atoms with Gasteiger partial charge in [-0.15, -0.1) is 9.05 Å². The molecule has 7 heterocycles. The quantitative estimate of drug-likeness (QED) is 0.161. The van der Waals surface area contributed by atoms with Crippen molar-refractivity contribution in [2.45, 2.75) is 49.1 Å². The number of anilines is 2. The number of nitrogen functional groups attached to an aromatic ring is 2. The molecule has 240 valence electrons. The molecule has 0 aromatic carbocycles. The summed E-state index contributed by atoms with van der Waals surface area (Å²) in [6.45, 7) is -4.97. The molecule has 3 aliphatic rings. The van der Waals surface area contributed by atoms with E-state index in [1.165, 1.54) is 35.2 Å². The molecule has 3 fully saturated rings. The molecule has 21 nitrogen and oxygen atoms in total. The van der Waals surface area contributed by atoms with Gasteiger partial charge >= 0.3 is 15.0 Å². The predicted molar refractivity (Wildman–Crippen MR) is 153 cm³/mol. The number of imidazole rings is 2. The van der Waals surface area contributed by atoms with E-state index in [0.717, 1.165) is 0 Å². The fourth-order valence-electron chi connectivity index (χ4n) is 5.48. The summed E-state index contributed by atoms with van der Waals surface area (Å²) >= 11 is 5.34. The number of hydrogen-bond donors (Lipinski definition) is 5. The molecule has 0 spiro atoms. The van der Waals surface area contributed by atoms with E-state index in [0.29, 0.717) is 0 Å². The molecular formula is C21H25N10O11P2S+. The zero-order valence-corrected chi connectivity index (χ0v) is 25.5. The summed E-state index contributed by atoms with van der Waals surface area (Å²) in [5, 5.41) is 11.2. The third-order valence-electron chi connectivity index (χ3n) is 7.46. The number of aromatic nitrogens is 8. The van der Waals surface area contributed by atoms with E-state index in [9.17, 15) is 19.4 Å². The first kappa shape index (κ1) is 30.5. The number of aliphatic hydroxyl groups is 1. The summed E-state index contributed by atoms with van der Waals surface area (Å²) in [6.07, 6.45) is -5.46. The Morgan fingerprint density at radius 2 is 1.80 bits per heavy atom. The molecule has 7 rings (SSSR count). The average molecular weight is 688 g/mol. The summed E-state index contributed by atoms with van der Waals surface area (Å²) in [7, 11) is -1.53. The van der Waals surface area contributed by atoms with Gasteiger partial charge in [-0.3, -0.25) is 23.4 Å². The van der Waals surface area contributed by atoms with Crippen molar-refractivity contribution in [2.24, 2.45) is 0 Å². The Kier molecular flexibility index (Phi) is 7.87. The van der Waals surface area contributed by atoms with E-state index in [4.69, 9.17) is 55.6 Å². The molecule has 3 aliphatic heterocycles. The molecular weight excluding hydrogens is 662 g/mol. The highest BCUT2D eigenvalue weighted by Crippen LogP contribution is 2.52. The number of rotatable bonds is 3. The number of nitrogens with one attached hydrogen (secondary N) is 1. The van der Waals surface area contributed by atoms with Crippen molar-refractivity contribution in [2.75, 3.05) is 31.8 Å². The highest BCUT2D eigenvalue weighted by molar-refractivity contribution is 8.07. The fourth-order valence-corrected chi connectivity index (χ4v) is 7.68. The van der Waals surface area contributed by atoms with E-state index in [1.54, 1.807) is 0 Å². The van der Waals surface area contributed by atoms with E-state index in [1.807, 2.05) is 0 Å². The lowest BCUT2D eigenvalue weighted by molar-refractivity contribution is -0.0593. The Labute approximate surface area is 256 Å². The van der Waals surface area contributed by atoms with Gasteiger partial charge in [0.25, 0.3) is 5.56 Å². The number of nitrogens with zero attached hydrogens (tertiary/aromatic N) is 7. The number of H-pyrrole nitrogens is 1. The number of hydrogen-bond acceptors (Lipinski definition) is 18. The van der Waals surface area contributed by atoms with Crippen molar-refractivity contribution in [3.8, 4) is 0 Å². The van der Waals surface area contributed by atoms with Crippen LogP contribution in [0.25, 0.3) is 22.3 Å². The molecule has 3 saturated heterocycles. The van der Waals surface area contributed by atoms with Gasteiger partial charge in [-0.25, -0.2) is 19.9 Å². The highest BCUT2D eigenvalue weighted by atomic mass is 32.5. The zero-order valence-electron chi connectivity index (χ0n) is 22.9. The van der Waals surface area contributed by atoms with Crippen molar-refractivity contribution in [3.05, 3.63) is 29.3 Å². The Bertz CT molecular complexity index is 1890. The van der Waals surface area contributed by atoms with Gasteiger partial charge in [0.15, 0.2) is 41.2 Å². The van der Waals surface area contributed by atoms with Gasteiger partial charge in [0.05, 0.1) is 19.3 Å². The first-order chi connectivity index (χ1) is 21.5. The molecule has 0 amide bonds. The van der Waals surface area contributed by atoms with Crippen LogP contribution in [0.5, 0.6) is 0 Å². The summed E-state index contributed by atoms with van der Waals surface area (Å²) < 4.78 is 56.3. The zero-order chi connectivity index (χ0) is 31.6. The summed E-state index contributed by atoms with van der Waals surface area (Å²) in [6, 6.07) is 0. The molecule has 24 heteroatoms. The lowest BCUT2D eigenvalue weighted by atomic mass is 10.1. The van der Waals surface area contributed by atoms with Gasteiger partial charge < -0.3 is 40.2 Å². The lowest BCUT2D eigenvalue weighted by Crippen LogP contribution is -2.37. The van der Waals surface area contributed by atoms with Crippen LogP contribution in [0.2, 0.25) is 0 Å². The topological polar surface area (TPSA) is 281 Å². The van der Waals surface area contributed by atoms with Crippen molar-refractivity contribution in [3.63, 3.8) is 0 Å². The van der Waals surface area contributed by atoms with Crippen LogP contribution >= 0.6 is 15.0 Å². The Hall–Kier alpha value is -3.11. The summed E-state index contributed by atoms with van der Waals surface area (Å²) in [4.78, 5) is 46.4. The number of aliphatic hydroxyl groups excluding tert-OH is 1. The second-order valence-electron chi connectivity index (χ2n) is 10.1. The van der Waals surface area contributed by atoms with Crippen LogP contribution in [0.15, 0.2) is 23.8 Å². The number of methoxy groups -OCH3 is 1. The van der Waals surface area contributed by atoms with Crippen molar-refractivity contribution >= 4 is 60.9 Å². The molecule has 0 saturated carbocycles. The number of nitrogens with two attached hydrogens (primary N) is 2. The number of ether oxygens (including phenoxy) is 3. The minimum atomic E-state index is -4.14. The minimum Gasteiger partial charge on any atom is -0.385 e. The van der Waals surface area contributed by atoms with Gasteiger partial charge in [0, 0.05) is 11.7 Å². The SMILES string of the molecule is COC1C2CO[P+](=O)OC3C(COP(O)(=S)OC1C(n1cnc4c(=O)[nH]c(N)nc41)O2)OC(n1cnc2c(N)ncnc21)C3O. The maximum absolute atomic E-state index is 13.1. The molecule has 45 heavy (non-hydrogen) atoms. The molecule has 10 atom stereocenters. The molecule has 7 N–H and O–H groups in total. The first-order valence-electron chi connectivity index (χ1n) is 13.1. The molecule has 10 unspecified atom stereocenters. The Morgan fingerprint density at radius 3 is 2.58 bits per heavy atom. The van der Waals surface area contributed by atoms with Crippen LogP contribution in [0.4, 0.5) is 11.8 Å². The van der Waals surface area contributed by atoms with Crippen molar-refractivity contribution < 1.29 is 46.9 Å². The van der Waals surface area contributed by atoms with E-state index >= 15 is 0 Å². The monoisotopic (exact) mass is 687 g/mol. The van der Waals surface area contributed by atoms with Gasteiger partial charge in [-0.1, -0.05) is 0 Å². The Morgan fingerprint density at radius 1 is 1.07 bits per heavy atom. The number of aromatic amines is 1. The second-order valence-corrected chi connectivity index (χ2v) is 13.8. The highest BCUT2D eigenvalue weighted by Gasteiger charge is 2.54. The third kappa shape index (κ3) is 5.41. The standard InChI is InChI=1S/C21H24N10O11P2S/c1-36-13-7-2-37-43(34)41-12-8(39-19(11(12)32)30-5-26-9-15(22)24-4-25-16(9)30)3-38-44(35,45)42-14(13)20(40-7)31-6-27-10-17(31)28-21(23)29-18(10)33/h4-8,11-14,19-20,32H,2-3H2,1H3,(H5-,22,23,24,25,28,29,33,35,45)/p+1. The maximum Gasteiger partial charge on any atom is 0.697 e. The number of fused-ring (bicyclic) bond motifs is 5. The van der Waals surface area contributed by atoms with E-state index in [-0.39, 0.29) is 40.7 Å². The van der Waals surface area contributed by atoms with Crippen LogP contribution in [0.1, 0.15) is 12.5 Å². The largest absolute Gasteiger partial charge is 0.697 e. The molecule has 4 aromatic rings. The van der Waals surface area contributed by atoms with Crippen LogP contribution in [-0.4, -0.2) is 106 Å². The lowest BCUT2D eigenvalue weighted by Gasteiger charge is -2.28. The van der Waals surface area contributed by atoms with Crippen LogP contribution in [-0.2, 0) is 48.7 Å². The predicted octanol–water partition coefficient (Wildman–Crippen LogP) is -1.01. The average Bonchev–Trinajstić information content (AvgIpc) is 3.75. The van der Waals surface area contributed by atoms with E-state index < -0.39 is 76.2 Å². The van der Waals surface area contributed by atoms with Crippen LogP contribution in [0.3, 0.4) is 0 Å². The minimum absolute atomic E-state index is 0.0388. The van der Waals surface area contributed by atoms with Gasteiger partial charge in [-0.2, -0.15) is 4.98 Å². The van der Waals surface area contributed by atoms with Gasteiger partial charge in [0.1, 0.15) is 49.0 Å². The van der Waals surface area contributed by atoms with Crippen molar-refractivity contribution in [1.82, 2.24) is 39.0 Å². The maximum atomic E-state index is 13.1. The normalized spacial score (nSPS) is 35.2. The van der Waals surface area contributed by atoms with Gasteiger partial charge in [-0.05, 0) is 11.8 Å². The van der Waals surface area contributed by atoms with Crippen molar-refractivity contribution in [1.29, 1.82) is 0 Å².